The number of fused-ring (bicyclic) bond motifs is 1. The number of aliphatic hydroxyl groups is 1. The highest BCUT2D eigenvalue weighted by Gasteiger charge is 2.44. The van der Waals surface area contributed by atoms with Crippen LogP contribution in [-0.4, -0.2) is 40.3 Å². The third-order valence-electron chi connectivity index (χ3n) is 7.24. The van der Waals surface area contributed by atoms with Crippen molar-refractivity contribution in [1.82, 2.24) is 15.6 Å². The molecular formula is C29H40FN3O3. The van der Waals surface area contributed by atoms with Gasteiger partial charge in [0.2, 0.25) is 11.8 Å². The van der Waals surface area contributed by atoms with Gasteiger partial charge in [0, 0.05) is 37.7 Å². The average molecular weight is 498 g/mol. The number of amides is 1. The lowest BCUT2D eigenvalue weighted by atomic mass is 9.84. The Kier molecular flexibility index (Phi) is 8.00. The number of aliphatic hydroxyl groups excluding tert-OH is 1. The van der Waals surface area contributed by atoms with Gasteiger partial charge in [-0.2, -0.15) is 0 Å². The molecule has 1 spiro atoms. The third-order valence-corrected chi connectivity index (χ3v) is 7.24. The van der Waals surface area contributed by atoms with Crippen LogP contribution >= 0.6 is 0 Å². The smallest absolute Gasteiger partial charge is 0.218 e. The molecule has 0 unspecified atom stereocenters. The molecule has 36 heavy (non-hydrogen) atoms. The Hall–Kier alpha value is -2.51. The summed E-state index contributed by atoms with van der Waals surface area (Å²) in [6.07, 6.45) is 7.58. The highest BCUT2D eigenvalue weighted by atomic mass is 19.1. The molecule has 3 N–H and O–H groups in total. The van der Waals surface area contributed by atoms with Crippen molar-refractivity contribution < 1.29 is 19.0 Å². The van der Waals surface area contributed by atoms with E-state index in [9.17, 15) is 14.3 Å². The van der Waals surface area contributed by atoms with E-state index in [0.717, 1.165) is 49.7 Å². The van der Waals surface area contributed by atoms with Crippen LogP contribution in [0.2, 0.25) is 0 Å². The number of carbonyl (C=O) groups is 1. The minimum absolute atomic E-state index is 0.00211. The Morgan fingerprint density at radius 1 is 1.22 bits per heavy atom. The molecule has 1 amide bonds. The fourth-order valence-corrected chi connectivity index (χ4v) is 5.62. The summed E-state index contributed by atoms with van der Waals surface area (Å²) in [7, 11) is 0. The zero-order valence-electron chi connectivity index (χ0n) is 21.9. The first-order valence-electron chi connectivity index (χ1n) is 13.1. The Balaban J connectivity index is 1.51. The van der Waals surface area contributed by atoms with Crippen molar-refractivity contribution in [2.45, 2.75) is 96.4 Å². The topological polar surface area (TPSA) is 83.5 Å². The number of halogens is 1. The van der Waals surface area contributed by atoms with Gasteiger partial charge in [-0.3, -0.25) is 4.79 Å². The summed E-state index contributed by atoms with van der Waals surface area (Å²) in [5.74, 6) is 0.173. The second-order valence-electron chi connectivity index (χ2n) is 11.8. The van der Waals surface area contributed by atoms with Crippen molar-refractivity contribution in [1.29, 1.82) is 0 Å². The van der Waals surface area contributed by atoms with Crippen molar-refractivity contribution in [3.63, 3.8) is 0 Å². The largest absolute Gasteiger partial charge is 0.471 e. The number of ether oxygens (including phenoxy) is 1. The first-order valence-corrected chi connectivity index (χ1v) is 13.1. The summed E-state index contributed by atoms with van der Waals surface area (Å²) < 4.78 is 19.8. The number of benzene rings is 1. The molecule has 1 aromatic carbocycles. The molecule has 1 aliphatic heterocycles. The van der Waals surface area contributed by atoms with Crippen LogP contribution in [0.1, 0.15) is 82.5 Å². The van der Waals surface area contributed by atoms with Gasteiger partial charge in [-0.05, 0) is 73.3 Å². The first kappa shape index (κ1) is 26.6. The zero-order valence-corrected chi connectivity index (χ0v) is 21.9. The predicted octanol–water partition coefficient (Wildman–Crippen LogP) is 4.64. The van der Waals surface area contributed by atoms with E-state index in [1.807, 2.05) is 6.20 Å². The predicted molar refractivity (Wildman–Crippen MR) is 138 cm³/mol. The van der Waals surface area contributed by atoms with E-state index in [-0.39, 0.29) is 28.8 Å². The number of hydrogen-bond acceptors (Lipinski definition) is 5. The fourth-order valence-electron chi connectivity index (χ4n) is 5.62. The molecule has 3 atom stereocenters. The maximum Gasteiger partial charge on any atom is 0.218 e. The first-order chi connectivity index (χ1) is 17.0. The maximum atomic E-state index is 13.3. The Morgan fingerprint density at radius 3 is 2.56 bits per heavy atom. The summed E-state index contributed by atoms with van der Waals surface area (Å²) in [4.78, 5) is 16.6. The van der Waals surface area contributed by atoms with Crippen LogP contribution in [-0.2, 0) is 17.6 Å². The number of nitrogens with zero attached hydrogens (tertiary/aromatic N) is 1. The van der Waals surface area contributed by atoms with Gasteiger partial charge < -0.3 is 20.5 Å². The van der Waals surface area contributed by atoms with E-state index in [0.29, 0.717) is 18.8 Å². The average Bonchev–Trinajstić information content (AvgIpc) is 3.24. The van der Waals surface area contributed by atoms with E-state index in [1.165, 1.54) is 24.6 Å². The van der Waals surface area contributed by atoms with Gasteiger partial charge in [-0.1, -0.05) is 32.9 Å². The number of rotatable bonds is 8. The number of carbonyl (C=O) groups excluding carboxylic acids is 1. The zero-order chi connectivity index (χ0) is 25.9. The summed E-state index contributed by atoms with van der Waals surface area (Å²) >= 11 is 0. The van der Waals surface area contributed by atoms with Gasteiger partial charge in [0.25, 0.3) is 0 Å². The van der Waals surface area contributed by atoms with Gasteiger partial charge in [-0.15, -0.1) is 0 Å². The van der Waals surface area contributed by atoms with E-state index in [2.05, 4.69) is 37.5 Å². The minimum atomic E-state index is -0.824. The SMILES string of the molecule is CC(=O)N[C@@H](Cc1ccc(F)cc1)[C@H](O)CN[C@H]1CC2(CCCC2)Oc2ncc(CC(C)(C)C)cc21. The lowest BCUT2D eigenvalue weighted by Gasteiger charge is -2.40. The van der Waals surface area contributed by atoms with Gasteiger partial charge in [0.15, 0.2) is 0 Å². The number of pyridine rings is 1. The Bertz CT molecular complexity index is 1040. The molecule has 196 valence electrons. The van der Waals surface area contributed by atoms with Crippen molar-refractivity contribution >= 4 is 5.91 Å². The molecule has 1 aliphatic carbocycles. The summed E-state index contributed by atoms with van der Waals surface area (Å²) in [5, 5.41) is 17.6. The van der Waals surface area contributed by atoms with Crippen molar-refractivity contribution in [2.24, 2.45) is 5.41 Å². The van der Waals surface area contributed by atoms with Crippen LogP contribution in [0.4, 0.5) is 4.39 Å². The van der Waals surface area contributed by atoms with E-state index < -0.39 is 12.1 Å². The molecular weight excluding hydrogens is 457 g/mol. The summed E-state index contributed by atoms with van der Waals surface area (Å²) in [5.41, 5.74) is 3.00. The van der Waals surface area contributed by atoms with Gasteiger partial charge in [0.05, 0.1) is 12.1 Å². The summed E-state index contributed by atoms with van der Waals surface area (Å²) in [6, 6.07) is 7.86. The van der Waals surface area contributed by atoms with Crippen LogP contribution in [0.25, 0.3) is 0 Å². The molecule has 1 fully saturated rings. The molecule has 2 aliphatic rings. The molecule has 0 radical (unpaired) electrons. The van der Waals surface area contributed by atoms with Gasteiger partial charge >= 0.3 is 0 Å². The number of nitrogens with one attached hydrogen (secondary N) is 2. The lowest BCUT2D eigenvalue weighted by Crippen LogP contribution is -2.50. The van der Waals surface area contributed by atoms with E-state index in [1.54, 1.807) is 12.1 Å². The Morgan fingerprint density at radius 2 is 1.92 bits per heavy atom. The number of hydrogen-bond donors (Lipinski definition) is 3. The summed E-state index contributed by atoms with van der Waals surface area (Å²) in [6.45, 7) is 8.39. The normalized spacial score (nSPS) is 20.4. The van der Waals surface area contributed by atoms with Crippen molar-refractivity contribution in [2.75, 3.05) is 6.54 Å². The third kappa shape index (κ3) is 6.83. The number of aromatic nitrogens is 1. The molecule has 0 saturated heterocycles. The molecule has 7 heteroatoms. The van der Waals surface area contributed by atoms with Gasteiger partial charge in [0.1, 0.15) is 11.4 Å². The Labute approximate surface area is 214 Å². The molecule has 2 heterocycles. The van der Waals surface area contributed by atoms with Crippen LogP contribution < -0.4 is 15.4 Å². The fraction of sp³-hybridized carbons (Fsp3) is 0.586. The van der Waals surface area contributed by atoms with Gasteiger partial charge in [-0.25, -0.2) is 9.37 Å². The maximum absolute atomic E-state index is 13.3. The minimum Gasteiger partial charge on any atom is -0.471 e. The second-order valence-corrected chi connectivity index (χ2v) is 11.8. The molecule has 4 rings (SSSR count). The van der Waals surface area contributed by atoms with E-state index >= 15 is 0 Å². The standard InChI is InChI=1S/C29H40FN3O3/c1-19(34)33-24(14-20-7-9-22(30)10-8-20)26(35)18-31-25-16-29(11-5-6-12-29)36-27-23(25)13-21(17-32-27)15-28(2,3)4/h7-10,13,17,24-26,31,35H,5-6,11-12,14-16,18H2,1-4H3,(H,33,34)/t24-,25-,26+/m0/s1. The monoisotopic (exact) mass is 497 g/mol. The van der Waals surface area contributed by atoms with Crippen LogP contribution in [0.15, 0.2) is 36.5 Å². The second kappa shape index (κ2) is 10.9. The molecule has 2 aromatic rings. The highest BCUT2D eigenvalue weighted by Crippen LogP contribution is 2.46. The molecule has 6 nitrogen and oxygen atoms in total. The van der Waals surface area contributed by atoms with Crippen LogP contribution in [0, 0.1) is 11.2 Å². The van der Waals surface area contributed by atoms with Crippen molar-refractivity contribution in [3.05, 3.63) is 59.0 Å². The van der Waals surface area contributed by atoms with Crippen LogP contribution in [0.5, 0.6) is 5.88 Å². The van der Waals surface area contributed by atoms with Crippen LogP contribution in [0.3, 0.4) is 0 Å². The molecule has 1 saturated carbocycles. The van der Waals surface area contributed by atoms with Crippen molar-refractivity contribution in [3.8, 4) is 5.88 Å². The molecule has 0 bridgehead atoms. The highest BCUT2D eigenvalue weighted by molar-refractivity contribution is 5.73. The van der Waals surface area contributed by atoms with E-state index in [4.69, 9.17) is 9.72 Å². The lowest BCUT2D eigenvalue weighted by molar-refractivity contribution is -0.120. The molecule has 1 aromatic heterocycles. The quantitative estimate of drug-likeness (QED) is 0.495.